The van der Waals surface area contributed by atoms with Crippen LogP contribution >= 0.6 is 0 Å². The molecule has 2 unspecified atom stereocenters. The molecule has 1 N–H and O–H groups in total. The van der Waals surface area contributed by atoms with Gasteiger partial charge in [-0.2, -0.15) is 4.98 Å². The van der Waals surface area contributed by atoms with Crippen LogP contribution in [0.3, 0.4) is 0 Å². The highest BCUT2D eigenvalue weighted by Gasteiger charge is 2.27. The maximum atomic E-state index is 5.01. The minimum absolute atomic E-state index is 0.562. The van der Waals surface area contributed by atoms with Gasteiger partial charge in [-0.1, -0.05) is 19.0 Å². The molecular weight excluding hydrogens is 228 g/mol. The molecule has 2 atom stereocenters. The Balaban J connectivity index is 1.92. The average molecular weight is 252 g/mol. The fourth-order valence-corrected chi connectivity index (χ4v) is 2.60. The molecule has 1 fully saturated rings. The third-order valence-corrected chi connectivity index (χ3v) is 3.61. The Morgan fingerprint density at radius 1 is 1.50 bits per heavy atom. The lowest BCUT2D eigenvalue weighted by Crippen LogP contribution is -2.57. The summed E-state index contributed by atoms with van der Waals surface area (Å²) in [6.45, 7) is 11.8. The summed E-state index contributed by atoms with van der Waals surface area (Å²) in [6.07, 6.45) is 0.868. The molecule has 0 aliphatic carbocycles. The second-order valence-electron chi connectivity index (χ2n) is 5.60. The SMILES string of the molecule is Cc1nc(CCN2CC(C)NCC2C(C)C)no1. The number of aromatic nitrogens is 2. The predicted octanol–water partition coefficient (Wildman–Crippen LogP) is 1.24. The molecule has 2 heterocycles. The maximum Gasteiger partial charge on any atom is 0.223 e. The van der Waals surface area contributed by atoms with Crippen LogP contribution in [0.25, 0.3) is 0 Å². The molecule has 0 saturated carbocycles. The molecular formula is C13H24N4O. The van der Waals surface area contributed by atoms with Crippen molar-refractivity contribution in [3.63, 3.8) is 0 Å². The van der Waals surface area contributed by atoms with E-state index >= 15 is 0 Å². The summed E-state index contributed by atoms with van der Waals surface area (Å²) in [5.74, 6) is 2.14. The molecule has 1 saturated heterocycles. The van der Waals surface area contributed by atoms with Gasteiger partial charge in [0.25, 0.3) is 0 Å². The van der Waals surface area contributed by atoms with Gasteiger partial charge in [0.15, 0.2) is 5.82 Å². The third kappa shape index (κ3) is 3.29. The van der Waals surface area contributed by atoms with Gasteiger partial charge in [0.1, 0.15) is 0 Å². The van der Waals surface area contributed by atoms with E-state index in [1.807, 2.05) is 6.92 Å². The van der Waals surface area contributed by atoms with E-state index in [1.54, 1.807) is 0 Å². The van der Waals surface area contributed by atoms with Gasteiger partial charge >= 0.3 is 0 Å². The molecule has 1 aliphatic rings. The summed E-state index contributed by atoms with van der Waals surface area (Å²) in [7, 11) is 0. The van der Waals surface area contributed by atoms with Crippen molar-refractivity contribution in [2.75, 3.05) is 19.6 Å². The zero-order chi connectivity index (χ0) is 13.1. The number of piperazine rings is 1. The Hall–Kier alpha value is -0.940. The van der Waals surface area contributed by atoms with Gasteiger partial charge in [0.2, 0.25) is 5.89 Å². The van der Waals surface area contributed by atoms with Gasteiger partial charge in [-0.05, 0) is 12.8 Å². The second-order valence-corrected chi connectivity index (χ2v) is 5.60. The smallest absolute Gasteiger partial charge is 0.223 e. The van der Waals surface area contributed by atoms with E-state index in [0.717, 1.165) is 31.9 Å². The molecule has 0 radical (unpaired) electrons. The molecule has 18 heavy (non-hydrogen) atoms. The van der Waals surface area contributed by atoms with Gasteiger partial charge < -0.3 is 9.84 Å². The van der Waals surface area contributed by atoms with Gasteiger partial charge in [-0.15, -0.1) is 0 Å². The van der Waals surface area contributed by atoms with Crippen LogP contribution in [0.15, 0.2) is 4.52 Å². The average Bonchev–Trinajstić information content (AvgIpc) is 2.72. The zero-order valence-electron chi connectivity index (χ0n) is 11.8. The van der Waals surface area contributed by atoms with E-state index in [2.05, 4.69) is 41.1 Å². The molecule has 0 spiro atoms. The molecule has 1 aromatic heterocycles. The molecule has 0 aromatic carbocycles. The first-order valence-electron chi connectivity index (χ1n) is 6.83. The number of hydrogen-bond acceptors (Lipinski definition) is 5. The summed E-state index contributed by atoms with van der Waals surface area (Å²) in [4.78, 5) is 6.82. The van der Waals surface area contributed by atoms with Crippen LogP contribution in [0.1, 0.15) is 32.5 Å². The van der Waals surface area contributed by atoms with Crippen LogP contribution in [0.5, 0.6) is 0 Å². The second kappa shape index (κ2) is 5.80. The Morgan fingerprint density at radius 2 is 2.28 bits per heavy atom. The van der Waals surface area contributed by atoms with Crippen molar-refractivity contribution in [1.82, 2.24) is 20.4 Å². The van der Waals surface area contributed by atoms with Crippen molar-refractivity contribution in [1.29, 1.82) is 0 Å². The van der Waals surface area contributed by atoms with Gasteiger partial charge in [0, 0.05) is 45.1 Å². The van der Waals surface area contributed by atoms with Crippen LogP contribution in [0.4, 0.5) is 0 Å². The van der Waals surface area contributed by atoms with Crippen molar-refractivity contribution in [3.05, 3.63) is 11.7 Å². The Morgan fingerprint density at radius 3 is 2.89 bits per heavy atom. The molecule has 1 aliphatic heterocycles. The number of hydrogen-bond donors (Lipinski definition) is 1. The molecule has 1 aromatic rings. The largest absolute Gasteiger partial charge is 0.340 e. The zero-order valence-corrected chi connectivity index (χ0v) is 11.8. The maximum absolute atomic E-state index is 5.01. The standard InChI is InChI=1S/C13H24N4O/c1-9(2)12-7-14-10(3)8-17(12)6-5-13-15-11(4)18-16-13/h9-10,12,14H,5-8H2,1-4H3. The lowest BCUT2D eigenvalue weighted by Gasteiger charge is -2.41. The summed E-state index contributed by atoms with van der Waals surface area (Å²) >= 11 is 0. The highest BCUT2D eigenvalue weighted by Crippen LogP contribution is 2.15. The molecule has 5 heteroatoms. The molecule has 0 amide bonds. The van der Waals surface area contributed by atoms with E-state index in [0.29, 0.717) is 23.9 Å². The minimum Gasteiger partial charge on any atom is -0.340 e. The van der Waals surface area contributed by atoms with Crippen LogP contribution in [-0.4, -0.2) is 46.8 Å². The van der Waals surface area contributed by atoms with E-state index in [-0.39, 0.29) is 0 Å². The van der Waals surface area contributed by atoms with Gasteiger partial charge in [-0.25, -0.2) is 0 Å². The van der Waals surface area contributed by atoms with Crippen LogP contribution in [0, 0.1) is 12.8 Å². The molecule has 102 valence electrons. The van der Waals surface area contributed by atoms with E-state index in [4.69, 9.17) is 4.52 Å². The monoisotopic (exact) mass is 252 g/mol. The van der Waals surface area contributed by atoms with Crippen LogP contribution in [-0.2, 0) is 6.42 Å². The quantitative estimate of drug-likeness (QED) is 0.873. The van der Waals surface area contributed by atoms with E-state index in [9.17, 15) is 0 Å². The van der Waals surface area contributed by atoms with E-state index in [1.165, 1.54) is 0 Å². The Labute approximate surface area is 109 Å². The highest BCUT2D eigenvalue weighted by molar-refractivity contribution is 4.90. The predicted molar refractivity (Wildman–Crippen MR) is 70.4 cm³/mol. The summed E-state index contributed by atoms with van der Waals surface area (Å²) in [5, 5.41) is 7.51. The number of nitrogens with zero attached hydrogens (tertiary/aromatic N) is 3. The summed E-state index contributed by atoms with van der Waals surface area (Å²) in [5.41, 5.74) is 0. The molecule has 2 rings (SSSR count). The number of aryl methyl sites for hydroxylation is 1. The van der Waals surface area contributed by atoms with Crippen molar-refractivity contribution in [3.8, 4) is 0 Å². The fraction of sp³-hybridized carbons (Fsp3) is 0.846. The summed E-state index contributed by atoms with van der Waals surface area (Å²) in [6, 6.07) is 1.17. The van der Waals surface area contributed by atoms with Gasteiger partial charge in [0.05, 0.1) is 0 Å². The fourth-order valence-electron chi connectivity index (χ4n) is 2.60. The van der Waals surface area contributed by atoms with Crippen LogP contribution < -0.4 is 5.32 Å². The third-order valence-electron chi connectivity index (χ3n) is 3.61. The summed E-state index contributed by atoms with van der Waals surface area (Å²) < 4.78 is 5.01. The van der Waals surface area contributed by atoms with Crippen LogP contribution in [0.2, 0.25) is 0 Å². The highest BCUT2D eigenvalue weighted by atomic mass is 16.5. The topological polar surface area (TPSA) is 54.2 Å². The number of rotatable bonds is 4. The van der Waals surface area contributed by atoms with Crippen molar-refractivity contribution in [2.45, 2.75) is 46.2 Å². The van der Waals surface area contributed by atoms with E-state index < -0.39 is 0 Å². The minimum atomic E-state index is 0.562. The Bertz CT molecular complexity index is 377. The van der Waals surface area contributed by atoms with Crippen molar-refractivity contribution >= 4 is 0 Å². The lowest BCUT2D eigenvalue weighted by atomic mass is 9.98. The first kappa shape index (κ1) is 13.5. The Kier molecular flexibility index (Phi) is 4.35. The normalized spacial score (nSPS) is 25.8. The number of nitrogens with one attached hydrogen (secondary N) is 1. The van der Waals surface area contributed by atoms with Gasteiger partial charge in [-0.3, -0.25) is 4.90 Å². The first-order chi connectivity index (χ1) is 8.56. The van der Waals surface area contributed by atoms with Crippen molar-refractivity contribution < 1.29 is 4.52 Å². The lowest BCUT2D eigenvalue weighted by molar-refractivity contribution is 0.103. The molecule has 0 bridgehead atoms. The first-order valence-corrected chi connectivity index (χ1v) is 6.83. The van der Waals surface area contributed by atoms with Crippen molar-refractivity contribution in [2.24, 2.45) is 5.92 Å². The molecule has 5 nitrogen and oxygen atoms in total.